The number of aliphatic carboxylic acids is 1. The maximum absolute atomic E-state index is 13.2. The van der Waals surface area contributed by atoms with Gasteiger partial charge in [0.25, 0.3) is 5.91 Å². The molecule has 6 atom stereocenters. The number of nitrogens with two attached hydrogens (primary N) is 2. The van der Waals surface area contributed by atoms with Gasteiger partial charge in [-0.25, -0.2) is 18.1 Å². The van der Waals surface area contributed by atoms with Gasteiger partial charge >= 0.3 is 5.97 Å². The van der Waals surface area contributed by atoms with Crippen molar-refractivity contribution in [3.05, 3.63) is 6.33 Å². The van der Waals surface area contributed by atoms with Crippen LogP contribution in [0.5, 0.6) is 0 Å². The van der Waals surface area contributed by atoms with Crippen molar-refractivity contribution in [3.63, 3.8) is 0 Å². The SMILES string of the molecule is CC1O[C@H]2[C@@H](O)[C@H](n3cnc4c(N)nc(NCCNC(=O)CCCCCNS(C)(=O)=O)nc43)O[C@@H]2C(=O)N1CC[C@H](N)C(=O)O. The van der Waals surface area contributed by atoms with Crippen LogP contribution in [0.3, 0.4) is 0 Å². The fourth-order valence-corrected chi connectivity index (χ4v) is 5.60. The van der Waals surface area contributed by atoms with Gasteiger partial charge in [0.2, 0.25) is 21.9 Å². The molecule has 0 spiro atoms. The highest BCUT2D eigenvalue weighted by Crippen LogP contribution is 2.38. The van der Waals surface area contributed by atoms with Crippen molar-refractivity contribution in [2.24, 2.45) is 5.73 Å². The Morgan fingerprint density at radius 1 is 1.16 bits per heavy atom. The lowest BCUT2D eigenvalue weighted by molar-refractivity contribution is -0.195. The molecule has 2 aromatic heterocycles. The van der Waals surface area contributed by atoms with Crippen LogP contribution in [0, 0.1) is 0 Å². The number of imidazole rings is 1. The molecule has 2 saturated heterocycles. The molecular formula is C25H40N10O9S. The summed E-state index contributed by atoms with van der Waals surface area (Å²) in [5.41, 5.74) is 12.2. The fourth-order valence-electron chi connectivity index (χ4n) is 5.08. The number of anilines is 2. The van der Waals surface area contributed by atoms with E-state index in [9.17, 15) is 27.9 Å². The number of carbonyl (C=O) groups is 3. The van der Waals surface area contributed by atoms with Gasteiger partial charge in [0.15, 0.2) is 23.8 Å². The van der Waals surface area contributed by atoms with Crippen LogP contribution in [0.4, 0.5) is 11.8 Å². The number of aliphatic hydroxyl groups excluding tert-OH is 1. The minimum Gasteiger partial charge on any atom is -0.480 e. The molecule has 45 heavy (non-hydrogen) atoms. The second-order valence-corrected chi connectivity index (χ2v) is 12.7. The average molecular weight is 657 g/mol. The molecule has 1 unspecified atom stereocenters. The van der Waals surface area contributed by atoms with Crippen LogP contribution in [0.1, 0.15) is 45.3 Å². The summed E-state index contributed by atoms with van der Waals surface area (Å²) in [5.74, 6) is -1.60. The molecule has 2 amide bonds. The van der Waals surface area contributed by atoms with Crippen LogP contribution in [0.25, 0.3) is 11.2 Å². The molecule has 2 fully saturated rings. The molecule has 2 aromatic rings. The van der Waals surface area contributed by atoms with E-state index in [-0.39, 0.29) is 54.9 Å². The number of nitrogen functional groups attached to an aromatic ring is 1. The number of unbranched alkanes of at least 4 members (excludes halogenated alkanes) is 2. The molecule has 0 aromatic carbocycles. The highest BCUT2D eigenvalue weighted by molar-refractivity contribution is 7.88. The Morgan fingerprint density at radius 2 is 1.91 bits per heavy atom. The van der Waals surface area contributed by atoms with E-state index in [0.717, 1.165) is 6.26 Å². The molecule has 20 heteroatoms. The minimum atomic E-state index is -3.22. The quantitative estimate of drug-likeness (QED) is 0.0934. The summed E-state index contributed by atoms with van der Waals surface area (Å²) in [7, 11) is -3.22. The number of hydrogen-bond acceptors (Lipinski definition) is 14. The van der Waals surface area contributed by atoms with E-state index in [0.29, 0.717) is 32.2 Å². The van der Waals surface area contributed by atoms with Gasteiger partial charge in [-0.2, -0.15) is 9.97 Å². The Kier molecular flexibility index (Phi) is 11.1. The molecule has 9 N–H and O–H groups in total. The maximum Gasteiger partial charge on any atom is 0.320 e. The minimum absolute atomic E-state index is 0.00680. The van der Waals surface area contributed by atoms with Crippen LogP contribution < -0.4 is 26.8 Å². The van der Waals surface area contributed by atoms with Gasteiger partial charge in [-0.05, 0) is 26.2 Å². The molecule has 4 rings (SSSR count). The number of ether oxygens (including phenoxy) is 2. The van der Waals surface area contributed by atoms with E-state index >= 15 is 0 Å². The molecule has 250 valence electrons. The number of hydrogen-bond donors (Lipinski definition) is 7. The van der Waals surface area contributed by atoms with E-state index in [2.05, 4.69) is 30.3 Å². The zero-order valence-corrected chi connectivity index (χ0v) is 25.8. The molecular weight excluding hydrogens is 616 g/mol. The Morgan fingerprint density at radius 3 is 2.62 bits per heavy atom. The van der Waals surface area contributed by atoms with Gasteiger partial charge in [0, 0.05) is 32.6 Å². The molecule has 0 radical (unpaired) electrons. The van der Waals surface area contributed by atoms with Crippen LogP contribution in [0.15, 0.2) is 6.33 Å². The van der Waals surface area contributed by atoms with Gasteiger partial charge in [0.05, 0.1) is 12.6 Å². The first-order valence-electron chi connectivity index (χ1n) is 14.5. The molecule has 2 aliphatic rings. The molecule has 19 nitrogen and oxygen atoms in total. The first-order valence-corrected chi connectivity index (χ1v) is 16.4. The van der Waals surface area contributed by atoms with Crippen molar-refractivity contribution in [1.29, 1.82) is 0 Å². The number of aliphatic hydroxyl groups is 1. The van der Waals surface area contributed by atoms with Crippen LogP contribution >= 0.6 is 0 Å². The zero-order chi connectivity index (χ0) is 32.9. The van der Waals surface area contributed by atoms with E-state index in [1.807, 2.05) is 0 Å². The van der Waals surface area contributed by atoms with Crippen molar-refractivity contribution in [1.82, 2.24) is 34.5 Å². The van der Waals surface area contributed by atoms with Crippen molar-refractivity contribution in [2.75, 3.05) is 43.5 Å². The number of carboxylic acid groups (broad SMARTS) is 1. The molecule has 0 saturated carbocycles. The van der Waals surface area contributed by atoms with Gasteiger partial charge in [-0.15, -0.1) is 0 Å². The largest absolute Gasteiger partial charge is 0.480 e. The zero-order valence-electron chi connectivity index (χ0n) is 25.0. The van der Waals surface area contributed by atoms with Crippen molar-refractivity contribution in [2.45, 2.75) is 75.8 Å². The average Bonchev–Trinajstić information content (AvgIpc) is 3.53. The smallest absolute Gasteiger partial charge is 0.320 e. The lowest BCUT2D eigenvalue weighted by atomic mass is 10.1. The number of fused-ring (bicyclic) bond motifs is 2. The third-order valence-electron chi connectivity index (χ3n) is 7.43. The normalized spacial score (nSPS) is 24.0. The summed E-state index contributed by atoms with van der Waals surface area (Å²) in [4.78, 5) is 50.7. The summed E-state index contributed by atoms with van der Waals surface area (Å²) < 4.78 is 37.8. The summed E-state index contributed by atoms with van der Waals surface area (Å²) in [6.07, 6.45) is -0.572. The van der Waals surface area contributed by atoms with E-state index in [1.165, 1.54) is 15.8 Å². The Hall–Kier alpha value is -3.69. The number of nitrogens with one attached hydrogen (secondary N) is 3. The molecule has 0 aliphatic carbocycles. The Balaban J connectivity index is 1.32. The van der Waals surface area contributed by atoms with Crippen molar-refractivity contribution >= 4 is 50.7 Å². The number of nitrogens with zero attached hydrogens (tertiary/aromatic N) is 5. The number of sulfonamides is 1. The predicted molar refractivity (Wildman–Crippen MR) is 159 cm³/mol. The third-order valence-corrected chi connectivity index (χ3v) is 8.16. The first-order chi connectivity index (χ1) is 21.3. The summed E-state index contributed by atoms with van der Waals surface area (Å²) in [6, 6.07) is -1.15. The number of aromatic nitrogens is 4. The van der Waals surface area contributed by atoms with E-state index in [1.54, 1.807) is 6.92 Å². The number of rotatable bonds is 16. The molecule has 4 heterocycles. The third kappa shape index (κ3) is 8.52. The lowest BCUT2D eigenvalue weighted by Crippen LogP contribution is -2.58. The Bertz CT molecular complexity index is 1490. The summed E-state index contributed by atoms with van der Waals surface area (Å²) >= 11 is 0. The van der Waals surface area contributed by atoms with Gasteiger partial charge < -0.3 is 46.7 Å². The van der Waals surface area contributed by atoms with Crippen LogP contribution in [-0.2, 0) is 33.9 Å². The highest BCUT2D eigenvalue weighted by atomic mass is 32.2. The number of amides is 2. The fraction of sp³-hybridized carbons (Fsp3) is 0.680. The topological polar surface area (TPSA) is 279 Å². The van der Waals surface area contributed by atoms with Gasteiger partial charge in [-0.1, -0.05) is 6.42 Å². The lowest BCUT2D eigenvalue weighted by Gasteiger charge is -2.39. The van der Waals surface area contributed by atoms with Crippen molar-refractivity contribution in [3.8, 4) is 0 Å². The highest BCUT2D eigenvalue weighted by Gasteiger charge is 2.54. The van der Waals surface area contributed by atoms with Crippen LogP contribution in [0.2, 0.25) is 0 Å². The van der Waals surface area contributed by atoms with E-state index in [4.69, 9.17) is 26.0 Å². The van der Waals surface area contributed by atoms with Crippen molar-refractivity contribution < 1.29 is 42.5 Å². The van der Waals surface area contributed by atoms with Crippen LogP contribution in [-0.4, -0.2) is 124 Å². The molecule has 2 aliphatic heterocycles. The Labute approximate surface area is 259 Å². The standard InChI is InChI=1S/C25H40N10O9S/c1-13-34(11-7-14(26)24(39)40)22(38)19-18(43-13)17(37)23(44-19)35-12-30-16-20(27)32-25(33-21(16)35)29-10-9-28-15(36)6-4-3-5-8-31-45(2,41)42/h12-14,17-19,23,31,37H,3-11,26H2,1-2H3,(H,28,36)(H,39,40)(H3,27,29,32,33)/t13?,14-,17+,18-,19-,23+/m0/s1. The second kappa shape index (κ2) is 14.6. The number of carboxylic acids is 1. The summed E-state index contributed by atoms with van der Waals surface area (Å²) in [5, 5.41) is 25.9. The summed E-state index contributed by atoms with van der Waals surface area (Å²) in [6.45, 7) is 2.52. The monoisotopic (exact) mass is 656 g/mol. The number of carbonyl (C=O) groups excluding carboxylic acids is 2. The van der Waals surface area contributed by atoms with Gasteiger partial charge in [-0.3, -0.25) is 19.0 Å². The predicted octanol–water partition coefficient (Wildman–Crippen LogP) is -2.32. The van der Waals surface area contributed by atoms with E-state index < -0.39 is 58.7 Å². The molecule has 0 bridgehead atoms. The van der Waals surface area contributed by atoms with Gasteiger partial charge in [0.1, 0.15) is 30.0 Å². The first kappa shape index (κ1) is 34.2. The second-order valence-electron chi connectivity index (χ2n) is 10.9. The maximum atomic E-state index is 13.2.